The number of amides is 2. The van der Waals surface area contributed by atoms with Gasteiger partial charge in [-0.25, -0.2) is 4.79 Å². The summed E-state index contributed by atoms with van der Waals surface area (Å²) in [7, 11) is 0. The Morgan fingerprint density at radius 1 is 1.00 bits per heavy atom. The average Bonchev–Trinajstić information content (AvgIpc) is 2.72. The van der Waals surface area contributed by atoms with Crippen molar-refractivity contribution in [1.29, 1.82) is 0 Å². The Morgan fingerprint density at radius 2 is 1.70 bits per heavy atom. The highest BCUT2D eigenvalue weighted by Crippen LogP contribution is 2.17. The summed E-state index contributed by atoms with van der Waals surface area (Å²) in [5.74, 6) is -1.47. The van der Waals surface area contributed by atoms with Crippen LogP contribution in [0.25, 0.3) is 6.08 Å². The van der Waals surface area contributed by atoms with Crippen molar-refractivity contribution in [3.8, 4) is 5.75 Å². The number of ether oxygens (including phenoxy) is 2. The summed E-state index contributed by atoms with van der Waals surface area (Å²) in [5, 5.41) is 2.15. The number of halogens is 2. The van der Waals surface area contributed by atoms with Gasteiger partial charge in [0.05, 0.1) is 0 Å². The highest BCUT2D eigenvalue weighted by Gasteiger charge is 2.10. The molecule has 6 nitrogen and oxygen atoms in total. The standard InChI is InChI=1S/C21H19F2NO5S/c22-21(23)29-16-9-6-15(7-10-16)8-11-20(27)28-14-19(26)24-18(25)12-13-30-17-4-2-1-3-5-17/h1-11,21H,12-14H2,(H,24,25,26)/b11-8+. The minimum atomic E-state index is -2.91. The maximum Gasteiger partial charge on any atom is 0.387 e. The number of rotatable bonds is 10. The van der Waals surface area contributed by atoms with Crippen molar-refractivity contribution in [2.75, 3.05) is 12.4 Å². The predicted molar refractivity (Wildman–Crippen MR) is 108 cm³/mol. The molecule has 0 aliphatic heterocycles. The monoisotopic (exact) mass is 435 g/mol. The van der Waals surface area contributed by atoms with Crippen LogP contribution in [0.3, 0.4) is 0 Å². The molecule has 0 radical (unpaired) electrons. The molecule has 9 heteroatoms. The van der Waals surface area contributed by atoms with Crippen LogP contribution in [-0.4, -0.2) is 36.8 Å². The van der Waals surface area contributed by atoms with Crippen LogP contribution in [0.4, 0.5) is 8.78 Å². The molecular formula is C21H19F2NO5S. The Hall–Kier alpha value is -3.20. The van der Waals surface area contributed by atoms with Crippen molar-refractivity contribution in [2.24, 2.45) is 0 Å². The van der Waals surface area contributed by atoms with Gasteiger partial charge in [-0.2, -0.15) is 8.78 Å². The van der Waals surface area contributed by atoms with Gasteiger partial charge in [0, 0.05) is 23.1 Å². The first kappa shape index (κ1) is 23.1. The molecule has 0 unspecified atom stereocenters. The SMILES string of the molecule is O=C(CCSc1ccccc1)NC(=O)COC(=O)/C=C/c1ccc(OC(F)F)cc1. The van der Waals surface area contributed by atoms with E-state index in [1.165, 1.54) is 42.1 Å². The van der Waals surface area contributed by atoms with Gasteiger partial charge >= 0.3 is 12.6 Å². The zero-order valence-corrected chi connectivity index (χ0v) is 16.6. The molecule has 0 aliphatic rings. The molecule has 30 heavy (non-hydrogen) atoms. The molecule has 0 aliphatic carbocycles. The highest BCUT2D eigenvalue weighted by molar-refractivity contribution is 7.99. The molecule has 2 amide bonds. The summed E-state index contributed by atoms with van der Waals surface area (Å²) in [6.45, 7) is -3.51. The zero-order valence-electron chi connectivity index (χ0n) is 15.8. The third-order valence-corrected chi connectivity index (χ3v) is 4.50. The van der Waals surface area contributed by atoms with E-state index in [0.29, 0.717) is 11.3 Å². The first-order chi connectivity index (χ1) is 14.4. The zero-order chi connectivity index (χ0) is 21.8. The van der Waals surface area contributed by atoms with Gasteiger partial charge in [0.1, 0.15) is 5.75 Å². The van der Waals surface area contributed by atoms with E-state index in [4.69, 9.17) is 4.74 Å². The fourth-order valence-corrected chi connectivity index (χ4v) is 3.01. The number of hydrogen-bond donors (Lipinski definition) is 1. The number of alkyl halides is 2. The molecule has 2 aromatic carbocycles. The number of esters is 1. The first-order valence-corrected chi connectivity index (χ1v) is 9.81. The Labute approximate surface area is 176 Å². The second-order valence-corrected chi connectivity index (χ2v) is 6.94. The highest BCUT2D eigenvalue weighted by atomic mass is 32.2. The smallest absolute Gasteiger partial charge is 0.387 e. The number of imide groups is 1. The van der Waals surface area contributed by atoms with E-state index >= 15 is 0 Å². The lowest BCUT2D eigenvalue weighted by Gasteiger charge is -2.05. The maximum atomic E-state index is 12.1. The molecule has 2 aromatic rings. The van der Waals surface area contributed by atoms with Crippen LogP contribution >= 0.6 is 11.8 Å². The molecule has 158 valence electrons. The van der Waals surface area contributed by atoms with Crippen molar-refractivity contribution < 1.29 is 32.6 Å². The molecule has 0 saturated heterocycles. The number of carbonyl (C=O) groups excluding carboxylic acids is 3. The normalized spacial score (nSPS) is 10.8. The third-order valence-electron chi connectivity index (χ3n) is 3.48. The quantitative estimate of drug-likeness (QED) is 0.348. The van der Waals surface area contributed by atoms with Crippen LogP contribution in [0.1, 0.15) is 12.0 Å². The summed E-state index contributed by atoms with van der Waals surface area (Å²) >= 11 is 1.49. The lowest BCUT2D eigenvalue weighted by atomic mass is 10.2. The molecule has 0 aromatic heterocycles. The molecule has 0 heterocycles. The van der Waals surface area contributed by atoms with Gasteiger partial charge in [0.2, 0.25) is 5.91 Å². The van der Waals surface area contributed by atoms with E-state index in [1.54, 1.807) is 0 Å². The lowest BCUT2D eigenvalue weighted by Crippen LogP contribution is -2.34. The Morgan fingerprint density at radius 3 is 2.37 bits per heavy atom. The van der Waals surface area contributed by atoms with E-state index in [0.717, 1.165) is 11.0 Å². The Kier molecular flexibility index (Phi) is 9.53. The van der Waals surface area contributed by atoms with Crippen molar-refractivity contribution in [1.82, 2.24) is 5.32 Å². The number of carbonyl (C=O) groups is 3. The molecule has 0 fully saturated rings. The topological polar surface area (TPSA) is 81.7 Å². The van der Waals surface area contributed by atoms with Crippen LogP contribution in [0.5, 0.6) is 5.75 Å². The average molecular weight is 435 g/mol. The van der Waals surface area contributed by atoms with E-state index in [9.17, 15) is 23.2 Å². The van der Waals surface area contributed by atoms with Gasteiger partial charge in [-0.15, -0.1) is 11.8 Å². The summed E-state index contributed by atoms with van der Waals surface area (Å²) in [6.07, 6.45) is 2.61. The van der Waals surface area contributed by atoms with Crippen molar-refractivity contribution in [3.05, 3.63) is 66.2 Å². The second-order valence-electron chi connectivity index (χ2n) is 5.77. The minimum absolute atomic E-state index is 0.00627. The predicted octanol–water partition coefficient (Wildman–Crippen LogP) is 3.67. The lowest BCUT2D eigenvalue weighted by molar-refractivity contribution is -0.145. The van der Waals surface area contributed by atoms with Crippen LogP contribution < -0.4 is 10.1 Å². The van der Waals surface area contributed by atoms with Gasteiger partial charge in [-0.3, -0.25) is 14.9 Å². The number of thioether (sulfide) groups is 1. The summed E-state index contributed by atoms with van der Waals surface area (Å²) in [6, 6.07) is 15.1. The van der Waals surface area contributed by atoms with Gasteiger partial charge in [-0.05, 0) is 35.9 Å². The first-order valence-electron chi connectivity index (χ1n) is 8.82. The number of hydrogen-bond acceptors (Lipinski definition) is 6. The molecule has 0 spiro atoms. The minimum Gasteiger partial charge on any atom is -0.452 e. The molecule has 2 rings (SSSR count). The van der Waals surface area contributed by atoms with Gasteiger partial charge in [0.25, 0.3) is 5.91 Å². The van der Waals surface area contributed by atoms with E-state index in [1.807, 2.05) is 30.3 Å². The second kappa shape index (κ2) is 12.4. The molecule has 0 bridgehead atoms. The van der Waals surface area contributed by atoms with E-state index in [2.05, 4.69) is 10.1 Å². The fourth-order valence-electron chi connectivity index (χ4n) is 2.14. The largest absolute Gasteiger partial charge is 0.452 e. The van der Waals surface area contributed by atoms with Gasteiger partial charge in [-0.1, -0.05) is 30.3 Å². The van der Waals surface area contributed by atoms with Crippen molar-refractivity contribution in [2.45, 2.75) is 17.9 Å². The summed E-state index contributed by atoms with van der Waals surface area (Å²) in [5.41, 5.74) is 0.545. The van der Waals surface area contributed by atoms with Crippen LogP contribution in [0, 0.1) is 0 Å². The van der Waals surface area contributed by atoms with Gasteiger partial charge in [0.15, 0.2) is 6.61 Å². The summed E-state index contributed by atoms with van der Waals surface area (Å²) < 4.78 is 33.1. The Bertz CT molecular complexity index is 873. The maximum absolute atomic E-state index is 12.1. The van der Waals surface area contributed by atoms with Crippen LogP contribution in [-0.2, 0) is 19.1 Å². The number of benzene rings is 2. The van der Waals surface area contributed by atoms with E-state index < -0.39 is 31.0 Å². The number of nitrogens with one attached hydrogen (secondary N) is 1. The molecule has 0 saturated carbocycles. The fraction of sp³-hybridized carbons (Fsp3) is 0.190. The van der Waals surface area contributed by atoms with Crippen LogP contribution in [0.2, 0.25) is 0 Å². The summed E-state index contributed by atoms with van der Waals surface area (Å²) in [4.78, 5) is 36.1. The van der Waals surface area contributed by atoms with E-state index in [-0.39, 0.29) is 12.2 Å². The molecule has 0 atom stereocenters. The molecule has 1 N–H and O–H groups in total. The van der Waals surface area contributed by atoms with Crippen LogP contribution in [0.15, 0.2) is 65.6 Å². The van der Waals surface area contributed by atoms with Gasteiger partial charge < -0.3 is 9.47 Å². The third kappa shape index (κ3) is 9.33. The Balaban J connectivity index is 1.65. The molecular weight excluding hydrogens is 416 g/mol. The van der Waals surface area contributed by atoms with Crippen molar-refractivity contribution in [3.63, 3.8) is 0 Å². The van der Waals surface area contributed by atoms with Crippen molar-refractivity contribution >= 4 is 35.6 Å².